The summed E-state index contributed by atoms with van der Waals surface area (Å²) in [6, 6.07) is 1.77. The normalized spacial score (nSPS) is 10.9. The molecule has 0 bridgehead atoms. The molecule has 0 aromatic carbocycles. The van der Waals surface area contributed by atoms with Crippen LogP contribution in [-0.4, -0.2) is 38.0 Å². The van der Waals surface area contributed by atoms with Crippen molar-refractivity contribution in [2.75, 3.05) is 12.8 Å². The molecular weight excluding hydrogens is 292 g/mol. The number of nitrogens with two attached hydrogens (primary N) is 1. The molecule has 3 aromatic heterocycles. The molecule has 0 fully saturated rings. The van der Waals surface area contributed by atoms with Gasteiger partial charge in [0.2, 0.25) is 0 Å². The van der Waals surface area contributed by atoms with E-state index in [4.69, 9.17) is 5.73 Å². The SMILES string of the molecule is CN(Cc1nc2ccsc2c(=O)[nH]1)C(=O)c1[nH]ncc1N. The molecule has 4 N–H and O–H groups in total. The lowest BCUT2D eigenvalue weighted by molar-refractivity contribution is 0.0776. The fourth-order valence-electron chi connectivity index (χ4n) is 1.95. The van der Waals surface area contributed by atoms with E-state index in [2.05, 4.69) is 20.2 Å². The standard InChI is InChI=1S/C12H12N6O2S/c1-18(12(20)9-6(13)4-14-17-9)5-8-15-7-2-3-21-10(7)11(19)16-8/h2-4H,5,13H2,1H3,(H,14,17)(H,15,16,19). The number of carbonyl (C=O) groups is 1. The Labute approximate surface area is 122 Å². The first kappa shape index (κ1) is 13.3. The number of rotatable bonds is 3. The van der Waals surface area contributed by atoms with E-state index >= 15 is 0 Å². The first-order valence-corrected chi connectivity index (χ1v) is 6.95. The van der Waals surface area contributed by atoms with Crippen LogP contribution in [0.2, 0.25) is 0 Å². The summed E-state index contributed by atoms with van der Waals surface area (Å²) >= 11 is 1.33. The minimum Gasteiger partial charge on any atom is -0.396 e. The monoisotopic (exact) mass is 304 g/mol. The van der Waals surface area contributed by atoms with E-state index in [0.29, 0.717) is 16.0 Å². The first-order chi connectivity index (χ1) is 10.1. The number of hydrogen-bond donors (Lipinski definition) is 3. The highest BCUT2D eigenvalue weighted by Crippen LogP contribution is 2.15. The number of nitrogens with zero attached hydrogens (tertiary/aromatic N) is 3. The van der Waals surface area contributed by atoms with Crippen molar-refractivity contribution in [1.29, 1.82) is 0 Å². The largest absolute Gasteiger partial charge is 0.396 e. The Morgan fingerprint density at radius 2 is 2.33 bits per heavy atom. The number of nitrogens with one attached hydrogen (secondary N) is 2. The van der Waals surface area contributed by atoms with E-state index in [1.165, 1.54) is 22.4 Å². The molecule has 0 aliphatic heterocycles. The molecule has 21 heavy (non-hydrogen) atoms. The van der Waals surface area contributed by atoms with Crippen LogP contribution in [0.4, 0.5) is 5.69 Å². The number of aromatic amines is 2. The van der Waals surface area contributed by atoms with Gasteiger partial charge in [-0.1, -0.05) is 0 Å². The van der Waals surface area contributed by atoms with Gasteiger partial charge >= 0.3 is 0 Å². The van der Waals surface area contributed by atoms with E-state index < -0.39 is 0 Å². The number of thiophene rings is 1. The molecule has 108 valence electrons. The maximum Gasteiger partial charge on any atom is 0.274 e. The molecule has 0 saturated carbocycles. The fourth-order valence-corrected chi connectivity index (χ4v) is 2.68. The van der Waals surface area contributed by atoms with Gasteiger partial charge in [-0.3, -0.25) is 14.7 Å². The van der Waals surface area contributed by atoms with Gasteiger partial charge in [0.1, 0.15) is 16.2 Å². The predicted octanol–water partition coefficient (Wildman–Crippen LogP) is 0.562. The van der Waals surface area contributed by atoms with Gasteiger partial charge in [0.05, 0.1) is 23.9 Å². The molecule has 3 aromatic rings. The lowest BCUT2D eigenvalue weighted by atomic mass is 10.3. The predicted molar refractivity (Wildman–Crippen MR) is 79.0 cm³/mol. The molecule has 9 heteroatoms. The van der Waals surface area contributed by atoms with Gasteiger partial charge in [-0.2, -0.15) is 5.10 Å². The molecule has 0 aliphatic carbocycles. The third-order valence-corrected chi connectivity index (χ3v) is 3.88. The molecule has 0 saturated heterocycles. The quantitative estimate of drug-likeness (QED) is 0.653. The van der Waals surface area contributed by atoms with Crippen LogP contribution in [0.1, 0.15) is 16.3 Å². The zero-order valence-electron chi connectivity index (χ0n) is 11.1. The second kappa shape index (κ2) is 5.02. The van der Waals surface area contributed by atoms with Crippen LogP contribution in [0.3, 0.4) is 0 Å². The minimum absolute atomic E-state index is 0.165. The van der Waals surface area contributed by atoms with Gasteiger partial charge in [0.15, 0.2) is 0 Å². The average Bonchev–Trinajstić information content (AvgIpc) is 3.06. The number of nitrogen functional groups attached to an aromatic ring is 1. The van der Waals surface area contributed by atoms with Crippen molar-refractivity contribution in [2.24, 2.45) is 0 Å². The van der Waals surface area contributed by atoms with Gasteiger partial charge in [-0.15, -0.1) is 11.3 Å². The number of anilines is 1. The summed E-state index contributed by atoms with van der Waals surface area (Å²) in [5.74, 6) is 0.0953. The Hall–Kier alpha value is -2.68. The third kappa shape index (κ3) is 2.38. The number of carbonyl (C=O) groups excluding carboxylic acids is 1. The third-order valence-electron chi connectivity index (χ3n) is 2.98. The van der Waals surface area contributed by atoms with Crippen molar-refractivity contribution >= 4 is 33.1 Å². The molecule has 0 aliphatic rings. The molecule has 0 unspecified atom stereocenters. The zero-order chi connectivity index (χ0) is 15.0. The van der Waals surface area contributed by atoms with Crippen molar-refractivity contribution in [3.8, 4) is 0 Å². The summed E-state index contributed by atoms with van der Waals surface area (Å²) in [6.07, 6.45) is 1.37. The highest BCUT2D eigenvalue weighted by molar-refractivity contribution is 7.17. The summed E-state index contributed by atoms with van der Waals surface area (Å²) in [7, 11) is 1.60. The molecule has 3 rings (SSSR count). The van der Waals surface area contributed by atoms with Gasteiger partial charge < -0.3 is 15.6 Å². The first-order valence-electron chi connectivity index (χ1n) is 6.07. The molecule has 0 atom stereocenters. The lowest BCUT2D eigenvalue weighted by Gasteiger charge is -2.15. The Morgan fingerprint density at radius 1 is 1.52 bits per heavy atom. The lowest BCUT2D eigenvalue weighted by Crippen LogP contribution is -2.29. The van der Waals surface area contributed by atoms with Crippen LogP contribution < -0.4 is 11.3 Å². The topological polar surface area (TPSA) is 121 Å². The number of hydrogen-bond acceptors (Lipinski definition) is 6. The van der Waals surface area contributed by atoms with Crippen molar-refractivity contribution in [3.05, 3.63) is 39.5 Å². The van der Waals surface area contributed by atoms with Gasteiger partial charge in [-0.05, 0) is 11.4 Å². The van der Waals surface area contributed by atoms with Crippen molar-refractivity contribution in [1.82, 2.24) is 25.1 Å². The van der Waals surface area contributed by atoms with Crippen molar-refractivity contribution < 1.29 is 4.79 Å². The summed E-state index contributed by atoms with van der Waals surface area (Å²) in [5, 5.41) is 8.07. The van der Waals surface area contributed by atoms with E-state index in [1.807, 2.05) is 0 Å². The molecule has 1 amide bonds. The van der Waals surface area contributed by atoms with Crippen LogP contribution in [0.15, 0.2) is 22.4 Å². The second-order valence-corrected chi connectivity index (χ2v) is 5.43. The second-order valence-electron chi connectivity index (χ2n) is 4.51. The Balaban J connectivity index is 1.86. The number of H-pyrrole nitrogens is 2. The summed E-state index contributed by atoms with van der Waals surface area (Å²) in [4.78, 5) is 32.5. The maximum absolute atomic E-state index is 12.2. The fraction of sp³-hybridized carbons (Fsp3) is 0.167. The Bertz CT molecular complexity index is 864. The van der Waals surface area contributed by atoms with Crippen LogP contribution in [0.25, 0.3) is 10.2 Å². The van der Waals surface area contributed by atoms with E-state index in [9.17, 15) is 9.59 Å². The smallest absolute Gasteiger partial charge is 0.274 e. The van der Waals surface area contributed by atoms with E-state index in [-0.39, 0.29) is 29.4 Å². The van der Waals surface area contributed by atoms with Crippen LogP contribution in [0.5, 0.6) is 0 Å². The van der Waals surface area contributed by atoms with Gasteiger partial charge in [0.25, 0.3) is 11.5 Å². The number of amides is 1. The molecular formula is C12H12N6O2S. The van der Waals surface area contributed by atoms with Gasteiger partial charge in [0, 0.05) is 7.05 Å². The van der Waals surface area contributed by atoms with Gasteiger partial charge in [-0.25, -0.2) is 4.98 Å². The van der Waals surface area contributed by atoms with E-state index in [1.54, 1.807) is 18.5 Å². The van der Waals surface area contributed by atoms with Crippen molar-refractivity contribution in [2.45, 2.75) is 6.54 Å². The highest BCUT2D eigenvalue weighted by atomic mass is 32.1. The molecule has 0 spiro atoms. The molecule has 8 nitrogen and oxygen atoms in total. The maximum atomic E-state index is 12.2. The highest BCUT2D eigenvalue weighted by Gasteiger charge is 2.18. The Kier molecular flexibility index (Phi) is 3.18. The summed E-state index contributed by atoms with van der Waals surface area (Å²) < 4.78 is 0.575. The summed E-state index contributed by atoms with van der Waals surface area (Å²) in [5.41, 5.74) is 6.57. The van der Waals surface area contributed by atoms with Crippen molar-refractivity contribution in [3.63, 3.8) is 0 Å². The van der Waals surface area contributed by atoms with Crippen LogP contribution in [-0.2, 0) is 6.54 Å². The molecule has 0 radical (unpaired) electrons. The van der Waals surface area contributed by atoms with E-state index in [0.717, 1.165) is 0 Å². The van der Waals surface area contributed by atoms with Crippen LogP contribution in [0, 0.1) is 0 Å². The average molecular weight is 304 g/mol. The number of fused-ring (bicyclic) bond motifs is 1. The number of aromatic nitrogens is 4. The van der Waals surface area contributed by atoms with Crippen LogP contribution >= 0.6 is 11.3 Å². The zero-order valence-corrected chi connectivity index (χ0v) is 11.9. The Morgan fingerprint density at radius 3 is 3.05 bits per heavy atom. The minimum atomic E-state index is -0.321. The molecule has 3 heterocycles. The summed E-state index contributed by atoms with van der Waals surface area (Å²) in [6.45, 7) is 0.165.